The van der Waals surface area contributed by atoms with Crippen molar-refractivity contribution < 1.29 is 19.1 Å². The van der Waals surface area contributed by atoms with Crippen LogP contribution in [0.2, 0.25) is 5.02 Å². The van der Waals surface area contributed by atoms with Gasteiger partial charge >= 0.3 is 0 Å². The number of imide groups is 1. The molecule has 1 saturated heterocycles. The first kappa shape index (κ1) is 19.8. The maximum absolute atomic E-state index is 12.9. The minimum atomic E-state index is -0.977. The number of carbonyl (C=O) groups excluding carboxylic acids is 3. The highest BCUT2D eigenvalue weighted by Gasteiger charge is 2.55. The summed E-state index contributed by atoms with van der Waals surface area (Å²) in [5.41, 5.74) is 0.936. The van der Waals surface area contributed by atoms with E-state index < -0.39 is 23.9 Å². The van der Waals surface area contributed by atoms with Gasteiger partial charge in [0.15, 0.2) is 12.1 Å². The van der Waals surface area contributed by atoms with E-state index in [1.54, 1.807) is 42.5 Å². The largest absolute Gasteiger partial charge is 0.494 e. The van der Waals surface area contributed by atoms with E-state index >= 15 is 0 Å². The van der Waals surface area contributed by atoms with E-state index in [-0.39, 0.29) is 12.5 Å². The van der Waals surface area contributed by atoms with Crippen LogP contribution in [0.15, 0.2) is 58.9 Å². The van der Waals surface area contributed by atoms with Gasteiger partial charge in [0.25, 0.3) is 11.8 Å². The van der Waals surface area contributed by atoms with Gasteiger partial charge < -0.3 is 10.1 Å². The molecule has 0 spiro atoms. The highest BCUT2D eigenvalue weighted by atomic mass is 35.5. The molecule has 4 rings (SSSR count). The molecule has 10 heteroatoms. The average molecular weight is 428 g/mol. The third-order valence-electron chi connectivity index (χ3n) is 4.68. The minimum absolute atomic E-state index is 0.222. The predicted octanol–water partition coefficient (Wildman–Crippen LogP) is 2.67. The van der Waals surface area contributed by atoms with Gasteiger partial charge in [-0.3, -0.25) is 19.4 Å². The monoisotopic (exact) mass is 427 g/mol. The lowest BCUT2D eigenvalue weighted by atomic mass is 10.1. The van der Waals surface area contributed by atoms with Crippen molar-refractivity contribution in [2.45, 2.75) is 19.0 Å². The fourth-order valence-electron chi connectivity index (χ4n) is 3.37. The molecule has 30 heavy (non-hydrogen) atoms. The molecule has 0 saturated carbocycles. The highest BCUT2D eigenvalue weighted by molar-refractivity contribution is 6.31. The van der Waals surface area contributed by atoms with Crippen molar-refractivity contribution in [2.24, 2.45) is 10.3 Å². The van der Waals surface area contributed by atoms with E-state index in [1.807, 2.05) is 6.92 Å². The number of rotatable bonds is 6. The molecule has 0 unspecified atom stereocenters. The number of amides is 3. The molecular weight excluding hydrogens is 410 g/mol. The highest BCUT2D eigenvalue weighted by Crippen LogP contribution is 2.32. The molecule has 0 aromatic heterocycles. The van der Waals surface area contributed by atoms with Crippen molar-refractivity contribution in [2.75, 3.05) is 23.4 Å². The van der Waals surface area contributed by atoms with Crippen molar-refractivity contribution in [3.05, 3.63) is 53.6 Å². The molecule has 2 heterocycles. The summed E-state index contributed by atoms with van der Waals surface area (Å²) in [5.74, 6) is -0.681. The van der Waals surface area contributed by atoms with Crippen molar-refractivity contribution in [1.82, 2.24) is 5.01 Å². The number of hydrogen-bond acceptors (Lipinski definition) is 7. The van der Waals surface area contributed by atoms with Gasteiger partial charge in [-0.15, -0.1) is 0 Å². The molecule has 3 amide bonds. The lowest BCUT2D eigenvalue weighted by Crippen LogP contribution is -2.43. The molecular formula is C20H18ClN5O4. The zero-order chi connectivity index (χ0) is 21.3. The summed E-state index contributed by atoms with van der Waals surface area (Å²) in [5, 5.41) is 12.1. The zero-order valence-corrected chi connectivity index (χ0v) is 16.7. The van der Waals surface area contributed by atoms with E-state index in [0.29, 0.717) is 28.8 Å². The zero-order valence-electron chi connectivity index (χ0n) is 16.0. The summed E-state index contributed by atoms with van der Waals surface area (Å²) in [4.78, 5) is 39.1. The smallest absolute Gasteiger partial charge is 0.263 e. The molecule has 0 bridgehead atoms. The van der Waals surface area contributed by atoms with Gasteiger partial charge in [-0.2, -0.15) is 5.11 Å². The molecule has 154 valence electrons. The van der Waals surface area contributed by atoms with Crippen molar-refractivity contribution in [3.8, 4) is 5.75 Å². The standard InChI is InChI=1S/C20H18ClN5O4/c1-2-30-15-8-6-13(7-9-15)22-16(27)11-25-18-17(23-24-25)19(28)26(20(18)29)14-5-3-4-12(21)10-14/h3-10,17-18H,2,11H2,1H3,(H,22,27)/t17-,18-/m0/s1. The number of ether oxygens (including phenoxy) is 1. The Labute approximate surface area is 177 Å². The van der Waals surface area contributed by atoms with Gasteiger partial charge in [-0.05, 0) is 49.4 Å². The molecule has 2 aliphatic heterocycles. The lowest BCUT2D eigenvalue weighted by molar-refractivity contribution is -0.123. The second-order valence-corrected chi connectivity index (χ2v) is 7.13. The molecule has 2 aromatic carbocycles. The number of benzene rings is 2. The Balaban J connectivity index is 1.44. The molecule has 2 aliphatic rings. The number of halogens is 1. The van der Waals surface area contributed by atoms with E-state index in [1.165, 1.54) is 11.1 Å². The molecule has 2 atom stereocenters. The predicted molar refractivity (Wildman–Crippen MR) is 109 cm³/mol. The Bertz CT molecular complexity index is 1030. The summed E-state index contributed by atoms with van der Waals surface area (Å²) in [7, 11) is 0. The minimum Gasteiger partial charge on any atom is -0.494 e. The Kier molecular flexibility index (Phi) is 5.37. The molecule has 0 radical (unpaired) electrons. The topological polar surface area (TPSA) is 104 Å². The van der Waals surface area contributed by atoms with Crippen LogP contribution in [0.25, 0.3) is 0 Å². The SMILES string of the molecule is CCOc1ccc(NC(=O)CN2N=N[C@@H]3C(=O)N(c4cccc(Cl)c4)C(=O)[C@H]32)cc1. The maximum Gasteiger partial charge on any atom is 0.263 e. The summed E-state index contributed by atoms with van der Waals surface area (Å²) in [6.45, 7) is 2.21. The number of carbonyl (C=O) groups is 3. The first-order valence-corrected chi connectivity index (χ1v) is 9.69. The number of nitrogens with zero attached hydrogens (tertiary/aromatic N) is 4. The molecule has 9 nitrogen and oxygen atoms in total. The Hall–Kier alpha value is -3.46. The normalized spacial score (nSPS) is 19.9. The van der Waals surface area contributed by atoms with E-state index in [9.17, 15) is 14.4 Å². The van der Waals surface area contributed by atoms with E-state index in [4.69, 9.17) is 16.3 Å². The summed E-state index contributed by atoms with van der Waals surface area (Å²) in [6, 6.07) is 11.4. The van der Waals surface area contributed by atoms with Crippen LogP contribution in [-0.2, 0) is 14.4 Å². The maximum atomic E-state index is 12.9. The Morgan fingerprint density at radius 2 is 1.93 bits per heavy atom. The fraction of sp³-hybridized carbons (Fsp3) is 0.250. The molecule has 1 fully saturated rings. The van der Waals surface area contributed by atoms with Crippen LogP contribution < -0.4 is 15.0 Å². The van der Waals surface area contributed by atoms with Crippen molar-refractivity contribution in [1.29, 1.82) is 0 Å². The van der Waals surface area contributed by atoms with Crippen LogP contribution in [-0.4, -0.2) is 48.0 Å². The third kappa shape index (κ3) is 3.71. The first-order valence-electron chi connectivity index (χ1n) is 9.31. The summed E-state index contributed by atoms with van der Waals surface area (Å²) < 4.78 is 5.37. The third-order valence-corrected chi connectivity index (χ3v) is 4.91. The van der Waals surface area contributed by atoms with Crippen molar-refractivity contribution >= 4 is 40.7 Å². The number of anilines is 2. The van der Waals surface area contributed by atoms with Crippen LogP contribution in [0.4, 0.5) is 11.4 Å². The van der Waals surface area contributed by atoms with Gasteiger partial charge in [-0.1, -0.05) is 22.9 Å². The Morgan fingerprint density at radius 1 is 1.17 bits per heavy atom. The van der Waals surface area contributed by atoms with Crippen LogP contribution in [0.5, 0.6) is 5.75 Å². The first-order chi connectivity index (χ1) is 14.5. The van der Waals surface area contributed by atoms with Crippen LogP contribution >= 0.6 is 11.6 Å². The van der Waals surface area contributed by atoms with Gasteiger partial charge in [0.1, 0.15) is 12.3 Å². The van der Waals surface area contributed by atoms with Crippen molar-refractivity contribution in [3.63, 3.8) is 0 Å². The van der Waals surface area contributed by atoms with Gasteiger partial charge in [0, 0.05) is 10.7 Å². The molecule has 2 aromatic rings. The fourth-order valence-corrected chi connectivity index (χ4v) is 3.56. The van der Waals surface area contributed by atoms with E-state index in [2.05, 4.69) is 15.7 Å². The van der Waals surface area contributed by atoms with Gasteiger partial charge in [0.2, 0.25) is 5.91 Å². The van der Waals surface area contributed by atoms with Crippen LogP contribution in [0, 0.1) is 0 Å². The van der Waals surface area contributed by atoms with Crippen LogP contribution in [0.3, 0.4) is 0 Å². The molecule has 1 N–H and O–H groups in total. The number of hydrogen-bond donors (Lipinski definition) is 1. The van der Waals surface area contributed by atoms with E-state index in [0.717, 1.165) is 4.90 Å². The summed E-state index contributed by atoms with van der Waals surface area (Å²) >= 11 is 5.98. The second kappa shape index (κ2) is 8.11. The summed E-state index contributed by atoms with van der Waals surface area (Å²) in [6.07, 6.45) is 0. The van der Waals surface area contributed by atoms with Gasteiger partial charge in [0.05, 0.1) is 12.3 Å². The second-order valence-electron chi connectivity index (χ2n) is 6.69. The molecule has 0 aliphatic carbocycles. The van der Waals surface area contributed by atoms with Gasteiger partial charge in [-0.25, -0.2) is 4.90 Å². The number of nitrogens with one attached hydrogen (secondary N) is 1. The van der Waals surface area contributed by atoms with Crippen LogP contribution in [0.1, 0.15) is 6.92 Å². The lowest BCUT2D eigenvalue weighted by Gasteiger charge is -2.20. The average Bonchev–Trinajstić information content (AvgIpc) is 3.23. The Morgan fingerprint density at radius 3 is 2.63 bits per heavy atom. The number of fused-ring (bicyclic) bond motifs is 1. The quantitative estimate of drug-likeness (QED) is 0.714.